The Kier molecular flexibility index (Phi) is 2.98. The van der Waals surface area contributed by atoms with Crippen LogP contribution in [0.2, 0.25) is 0 Å². The van der Waals surface area contributed by atoms with E-state index in [2.05, 4.69) is 25.5 Å². The van der Waals surface area contributed by atoms with Crippen molar-refractivity contribution in [3.05, 3.63) is 41.3 Å². The van der Waals surface area contributed by atoms with E-state index >= 15 is 0 Å². The third-order valence-corrected chi connectivity index (χ3v) is 3.21. The van der Waals surface area contributed by atoms with E-state index in [-0.39, 0.29) is 5.91 Å². The number of nitrogens with zero attached hydrogens (tertiary/aromatic N) is 2. The quantitative estimate of drug-likeness (QED) is 0.680. The molecule has 3 aromatic rings. The molecule has 0 fully saturated rings. The predicted octanol–water partition coefficient (Wildman–Crippen LogP) is 2.08. The molecule has 0 bridgehead atoms. The second-order valence-electron chi connectivity index (χ2n) is 4.74. The van der Waals surface area contributed by atoms with Crippen LogP contribution in [0.4, 0.5) is 5.95 Å². The Morgan fingerprint density at radius 3 is 2.85 bits per heavy atom. The molecule has 0 saturated heterocycles. The molecule has 2 aromatic heterocycles. The summed E-state index contributed by atoms with van der Waals surface area (Å²) < 4.78 is 0. The summed E-state index contributed by atoms with van der Waals surface area (Å²) in [6.07, 6.45) is 0.295. The van der Waals surface area contributed by atoms with E-state index in [0.717, 1.165) is 22.2 Å². The Hall–Kier alpha value is -2.63. The lowest BCUT2D eigenvalue weighted by Crippen LogP contribution is -2.15. The van der Waals surface area contributed by atoms with Crippen molar-refractivity contribution in [3.63, 3.8) is 0 Å². The fourth-order valence-electron chi connectivity index (χ4n) is 2.29. The van der Waals surface area contributed by atoms with Gasteiger partial charge >= 0.3 is 0 Å². The Morgan fingerprint density at radius 2 is 2.10 bits per heavy atom. The highest BCUT2D eigenvalue weighted by Crippen LogP contribution is 2.22. The van der Waals surface area contributed by atoms with E-state index in [1.165, 1.54) is 0 Å². The monoisotopic (exact) mass is 269 g/mol. The number of hydrogen-bond donors (Lipinski definition) is 3. The lowest BCUT2D eigenvalue weighted by Gasteiger charge is -2.01. The Labute approximate surface area is 115 Å². The van der Waals surface area contributed by atoms with E-state index in [1.54, 1.807) is 6.92 Å². The fraction of sp³-hybridized carbons (Fsp3) is 0.214. The lowest BCUT2D eigenvalue weighted by atomic mass is 10.1. The number of rotatable bonds is 3. The predicted molar refractivity (Wildman–Crippen MR) is 76.5 cm³/mol. The van der Waals surface area contributed by atoms with Crippen molar-refractivity contribution >= 4 is 22.8 Å². The summed E-state index contributed by atoms with van der Waals surface area (Å²) >= 11 is 0. The van der Waals surface area contributed by atoms with Crippen LogP contribution in [0.5, 0.6) is 0 Å². The first-order valence-corrected chi connectivity index (χ1v) is 6.38. The number of aromatic amines is 2. The molecule has 0 unspecified atom stereocenters. The van der Waals surface area contributed by atoms with Gasteiger partial charge in [-0.3, -0.25) is 15.2 Å². The summed E-state index contributed by atoms with van der Waals surface area (Å²) in [5, 5.41) is 10.3. The molecule has 20 heavy (non-hydrogen) atoms. The normalized spacial score (nSPS) is 10.9. The molecule has 3 N–H and O–H groups in total. The molecule has 1 aromatic carbocycles. The summed E-state index contributed by atoms with van der Waals surface area (Å²) in [4.78, 5) is 19.4. The summed E-state index contributed by atoms with van der Waals surface area (Å²) in [5.74, 6) is 0.852. The number of aryl methyl sites for hydroxylation is 2. The zero-order valence-electron chi connectivity index (χ0n) is 11.3. The molecule has 0 aliphatic carbocycles. The van der Waals surface area contributed by atoms with Crippen LogP contribution in [-0.2, 0) is 11.2 Å². The molecular formula is C14H15N5O. The molecule has 0 aliphatic heterocycles. The molecule has 1 amide bonds. The zero-order valence-corrected chi connectivity index (χ0v) is 11.3. The number of anilines is 1. The Balaban J connectivity index is 1.82. The van der Waals surface area contributed by atoms with Gasteiger partial charge in [0.05, 0.1) is 6.42 Å². The van der Waals surface area contributed by atoms with Gasteiger partial charge in [0.1, 0.15) is 5.82 Å². The largest absolute Gasteiger partial charge is 0.358 e. The number of para-hydroxylation sites is 1. The van der Waals surface area contributed by atoms with Gasteiger partial charge in [-0.1, -0.05) is 18.2 Å². The maximum absolute atomic E-state index is 12.1. The van der Waals surface area contributed by atoms with Crippen LogP contribution in [0.25, 0.3) is 10.9 Å². The SMILES string of the molecule is Cc1nc(NC(=O)Cc2c(C)[nH]c3ccccc23)n[nH]1. The molecule has 0 saturated carbocycles. The molecule has 0 spiro atoms. The van der Waals surface area contributed by atoms with Crippen molar-refractivity contribution in [1.29, 1.82) is 0 Å². The zero-order chi connectivity index (χ0) is 14.1. The number of amides is 1. The molecule has 0 atom stereocenters. The molecule has 102 valence electrons. The number of aromatic nitrogens is 4. The second kappa shape index (κ2) is 4.80. The van der Waals surface area contributed by atoms with Gasteiger partial charge in [-0.25, -0.2) is 0 Å². The lowest BCUT2D eigenvalue weighted by molar-refractivity contribution is -0.115. The number of carbonyl (C=O) groups is 1. The Bertz CT molecular complexity index is 771. The average Bonchev–Trinajstić information content (AvgIpc) is 2.94. The molecule has 0 radical (unpaired) electrons. The van der Waals surface area contributed by atoms with E-state index in [1.807, 2.05) is 31.2 Å². The third-order valence-electron chi connectivity index (χ3n) is 3.21. The maximum atomic E-state index is 12.1. The van der Waals surface area contributed by atoms with Crippen LogP contribution in [0.15, 0.2) is 24.3 Å². The minimum absolute atomic E-state index is 0.128. The summed E-state index contributed by atoms with van der Waals surface area (Å²) in [7, 11) is 0. The highest BCUT2D eigenvalue weighted by Gasteiger charge is 2.13. The molecule has 2 heterocycles. The van der Waals surface area contributed by atoms with Gasteiger partial charge in [-0.2, -0.15) is 4.98 Å². The van der Waals surface area contributed by atoms with Crippen LogP contribution >= 0.6 is 0 Å². The standard InChI is InChI=1S/C14H15N5O/c1-8-11(10-5-3-4-6-12(10)15-8)7-13(20)17-14-16-9(2)18-19-14/h3-6,15H,7H2,1-2H3,(H2,16,17,18,19,20). The first-order chi connectivity index (χ1) is 9.63. The molecule has 6 heteroatoms. The van der Waals surface area contributed by atoms with Crippen LogP contribution < -0.4 is 5.32 Å². The minimum Gasteiger partial charge on any atom is -0.358 e. The van der Waals surface area contributed by atoms with Crippen LogP contribution in [-0.4, -0.2) is 26.1 Å². The molecular weight excluding hydrogens is 254 g/mol. The average molecular weight is 269 g/mol. The van der Waals surface area contributed by atoms with Crippen molar-refractivity contribution in [3.8, 4) is 0 Å². The number of H-pyrrole nitrogens is 2. The highest BCUT2D eigenvalue weighted by atomic mass is 16.1. The van der Waals surface area contributed by atoms with E-state index < -0.39 is 0 Å². The van der Waals surface area contributed by atoms with Gasteiger partial charge in [0.2, 0.25) is 11.9 Å². The smallest absolute Gasteiger partial charge is 0.248 e. The van der Waals surface area contributed by atoms with Gasteiger partial charge in [0.25, 0.3) is 0 Å². The van der Waals surface area contributed by atoms with Gasteiger partial charge in [-0.05, 0) is 25.5 Å². The number of benzene rings is 1. The number of hydrogen-bond acceptors (Lipinski definition) is 3. The first kappa shape index (κ1) is 12.4. The highest BCUT2D eigenvalue weighted by molar-refractivity contribution is 5.95. The van der Waals surface area contributed by atoms with Gasteiger partial charge in [0, 0.05) is 16.6 Å². The summed E-state index contributed by atoms with van der Waals surface area (Å²) in [5.41, 5.74) is 3.06. The van der Waals surface area contributed by atoms with Gasteiger partial charge in [-0.15, -0.1) is 5.10 Å². The van der Waals surface area contributed by atoms with Crippen LogP contribution in [0, 0.1) is 13.8 Å². The third kappa shape index (κ3) is 2.27. The molecule has 6 nitrogen and oxygen atoms in total. The molecule has 3 rings (SSSR count). The fourth-order valence-corrected chi connectivity index (χ4v) is 2.29. The topological polar surface area (TPSA) is 86.5 Å². The van der Waals surface area contributed by atoms with Crippen LogP contribution in [0.3, 0.4) is 0 Å². The second-order valence-corrected chi connectivity index (χ2v) is 4.74. The maximum Gasteiger partial charge on any atom is 0.248 e. The van der Waals surface area contributed by atoms with Gasteiger partial charge < -0.3 is 4.98 Å². The molecule has 0 aliphatic rings. The summed E-state index contributed by atoms with van der Waals surface area (Å²) in [6.45, 7) is 3.76. The van der Waals surface area contributed by atoms with E-state index in [9.17, 15) is 4.79 Å². The van der Waals surface area contributed by atoms with E-state index in [0.29, 0.717) is 18.2 Å². The van der Waals surface area contributed by atoms with E-state index in [4.69, 9.17) is 0 Å². The van der Waals surface area contributed by atoms with Crippen molar-refractivity contribution < 1.29 is 4.79 Å². The first-order valence-electron chi connectivity index (χ1n) is 6.38. The van der Waals surface area contributed by atoms with Crippen molar-refractivity contribution in [2.24, 2.45) is 0 Å². The van der Waals surface area contributed by atoms with Crippen molar-refractivity contribution in [2.45, 2.75) is 20.3 Å². The van der Waals surface area contributed by atoms with Crippen LogP contribution in [0.1, 0.15) is 17.1 Å². The van der Waals surface area contributed by atoms with Gasteiger partial charge in [0.15, 0.2) is 0 Å². The van der Waals surface area contributed by atoms with Crippen molar-refractivity contribution in [1.82, 2.24) is 20.2 Å². The minimum atomic E-state index is -0.128. The Morgan fingerprint density at radius 1 is 1.30 bits per heavy atom. The number of nitrogens with one attached hydrogen (secondary N) is 3. The number of fused-ring (bicyclic) bond motifs is 1. The van der Waals surface area contributed by atoms with Crippen molar-refractivity contribution in [2.75, 3.05) is 5.32 Å². The summed E-state index contributed by atoms with van der Waals surface area (Å²) in [6, 6.07) is 7.95. The number of carbonyl (C=O) groups excluding carboxylic acids is 1.